The summed E-state index contributed by atoms with van der Waals surface area (Å²) in [5.74, 6) is 0.397. The number of halogens is 1. The van der Waals surface area contributed by atoms with Crippen molar-refractivity contribution in [1.82, 2.24) is 15.1 Å². The Balaban J connectivity index is 1.58. The molecule has 0 unspecified atom stereocenters. The summed E-state index contributed by atoms with van der Waals surface area (Å²) < 4.78 is 18.4. The first kappa shape index (κ1) is 16.0. The number of benzene rings is 1. The standard InChI is InChI=1S/C16H18FN3O2S/c1-11-4-2-3-9-20(11)14(21)10-23-16-19-18-15(22-16)12-5-7-13(17)8-6-12/h5-8,11H,2-4,9-10H2,1H3/t11-/m0/s1. The lowest BCUT2D eigenvalue weighted by Crippen LogP contribution is -2.42. The summed E-state index contributed by atoms with van der Waals surface area (Å²) in [6.45, 7) is 2.91. The van der Waals surface area contributed by atoms with Gasteiger partial charge >= 0.3 is 0 Å². The molecule has 1 aromatic carbocycles. The fourth-order valence-electron chi connectivity index (χ4n) is 2.65. The molecule has 0 spiro atoms. The quantitative estimate of drug-likeness (QED) is 0.802. The van der Waals surface area contributed by atoms with Gasteiger partial charge in [0.1, 0.15) is 5.82 Å². The van der Waals surface area contributed by atoms with Crippen LogP contribution in [0.25, 0.3) is 11.5 Å². The first-order chi connectivity index (χ1) is 11.1. The van der Waals surface area contributed by atoms with Crippen molar-refractivity contribution in [3.8, 4) is 11.5 Å². The van der Waals surface area contributed by atoms with Crippen LogP contribution in [0.3, 0.4) is 0 Å². The minimum atomic E-state index is -0.316. The molecule has 1 aliphatic rings. The van der Waals surface area contributed by atoms with E-state index in [4.69, 9.17) is 4.42 Å². The fraction of sp³-hybridized carbons (Fsp3) is 0.438. The van der Waals surface area contributed by atoms with Crippen molar-refractivity contribution in [3.05, 3.63) is 30.1 Å². The Labute approximate surface area is 138 Å². The summed E-state index contributed by atoms with van der Waals surface area (Å²) in [5.41, 5.74) is 0.654. The van der Waals surface area contributed by atoms with E-state index in [1.807, 2.05) is 4.90 Å². The summed E-state index contributed by atoms with van der Waals surface area (Å²) in [4.78, 5) is 14.2. The molecule has 1 aliphatic heterocycles. The van der Waals surface area contributed by atoms with Crippen LogP contribution in [-0.2, 0) is 4.79 Å². The molecule has 1 saturated heterocycles. The minimum Gasteiger partial charge on any atom is -0.411 e. The maximum atomic E-state index is 12.9. The number of amides is 1. The highest BCUT2D eigenvalue weighted by Crippen LogP contribution is 2.24. The zero-order chi connectivity index (χ0) is 16.2. The van der Waals surface area contributed by atoms with Crippen LogP contribution in [0.5, 0.6) is 0 Å². The largest absolute Gasteiger partial charge is 0.411 e. The van der Waals surface area contributed by atoms with E-state index in [1.165, 1.54) is 30.3 Å². The monoisotopic (exact) mass is 335 g/mol. The van der Waals surface area contributed by atoms with Crippen LogP contribution in [0, 0.1) is 5.82 Å². The zero-order valence-electron chi connectivity index (χ0n) is 12.9. The average molecular weight is 335 g/mol. The highest BCUT2D eigenvalue weighted by Gasteiger charge is 2.23. The van der Waals surface area contributed by atoms with Crippen molar-refractivity contribution in [3.63, 3.8) is 0 Å². The Kier molecular flexibility index (Phi) is 4.95. The van der Waals surface area contributed by atoms with Gasteiger partial charge in [-0.05, 0) is 50.5 Å². The molecule has 2 aromatic rings. The second kappa shape index (κ2) is 7.12. The van der Waals surface area contributed by atoms with Crippen LogP contribution < -0.4 is 0 Å². The minimum absolute atomic E-state index is 0.101. The van der Waals surface area contributed by atoms with Crippen LogP contribution in [0.15, 0.2) is 33.9 Å². The lowest BCUT2D eigenvalue weighted by molar-refractivity contribution is -0.131. The molecule has 5 nitrogen and oxygen atoms in total. The number of carbonyl (C=O) groups excluding carboxylic acids is 1. The predicted octanol–water partition coefficient (Wildman–Crippen LogP) is 3.37. The van der Waals surface area contributed by atoms with E-state index in [9.17, 15) is 9.18 Å². The smallest absolute Gasteiger partial charge is 0.277 e. The van der Waals surface area contributed by atoms with Gasteiger partial charge in [-0.15, -0.1) is 10.2 Å². The van der Waals surface area contributed by atoms with Crippen molar-refractivity contribution >= 4 is 17.7 Å². The van der Waals surface area contributed by atoms with Crippen LogP contribution in [-0.4, -0.2) is 39.3 Å². The van der Waals surface area contributed by atoms with Crippen LogP contribution in [0.2, 0.25) is 0 Å². The number of carbonyl (C=O) groups is 1. The Morgan fingerprint density at radius 1 is 1.35 bits per heavy atom. The SMILES string of the molecule is C[C@H]1CCCCN1C(=O)CSc1nnc(-c2ccc(F)cc2)o1. The Morgan fingerprint density at radius 3 is 2.87 bits per heavy atom. The molecule has 1 amide bonds. The van der Waals surface area contributed by atoms with Gasteiger partial charge in [0.05, 0.1) is 5.75 Å². The van der Waals surface area contributed by atoms with E-state index in [0.717, 1.165) is 19.4 Å². The molecule has 0 bridgehead atoms. The highest BCUT2D eigenvalue weighted by molar-refractivity contribution is 7.99. The molecular formula is C16H18FN3O2S. The summed E-state index contributed by atoms with van der Waals surface area (Å²) in [6, 6.07) is 6.14. The predicted molar refractivity (Wildman–Crippen MR) is 85.4 cm³/mol. The van der Waals surface area contributed by atoms with Crippen molar-refractivity contribution in [2.24, 2.45) is 0 Å². The molecule has 1 aromatic heterocycles. The third-order valence-electron chi connectivity index (χ3n) is 3.94. The molecule has 1 fully saturated rings. The van der Waals surface area contributed by atoms with Gasteiger partial charge in [-0.25, -0.2) is 4.39 Å². The van der Waals surface area contributed by atoms with Crippen LogP contribution in [0.4, 0.5) is 4.39 Å². The number of rotatable bonds is 4. The van der Waals surface area contributed by atoms with E-state index >= 15 is 0 Å². The number of thioether (sulfide) groups is 1. The fourth-order valence-corrected chi connectivity index (χ4v) is 3.30. The van der Waals surface area contributed by atoms with Gasteiger partial charge in [-0.1, -0.05) is 11.8 Å². The number of piperidine rings is 1. The second-order valence-corrected chi connectivity index (χ2v) is 6.53. The van der Waals surface area contributed by atoms with Crippen molar-refractivity contribution in [2.75, 3.05) is 12.3 Å². The van der Waals surface area contributed by atoms with Gasteiger partial charge in [0.25, 0.3) is 5.22 Å². The molecule has 0 saturated carbocycles. The van der Waals surface area contributed by atoms with Gasteiger partial charge in [-0.2, -0.15) is 0 Å². The van der Waals surface area contributed by atoms with E-state index in [1.54, 1.807) is 12.1 Å². The van der Waals surface area contributed by atoms with Gasteiger partial charge in [0.2, 0.25) is 11.8 Å². The van der Waals surface area contributed by atoms with Gasteiger partial charge in [0, 0.05) is 18.2 Å². The molecule has 122 valence electrons. The van der Waals surface area contributed by atoms with E-state index < -0.39 is 0 Å². The zero-order valence-corrected chi connectivity index (χ0v) is 13.7. The first-order valence-electron chi connectivity index (χ1n) is 7.65. The normalized spacial score (nSPS) is 18.2. The molecule has 1 atom stereocenters. The Bertz CT molecular complexity index is 674. The van der Waals surface area contributed by atoms with Crippen molar-refractivity contribution in [1.29, 1.82) is 0 Å². The second-order valence-electron chi connectivity index (χ2n) is 5.60. The molecule has 3 rings (SSSR count). The maximum absolute atomic E-state index is 12.9. The molecule has 2 heterocycles. The van der Waals surface area contributed by atoms with Gasteiger partial charge in [0.15, 0.2) is 0 Å². The molecular weight excluding hydrogens is 317 g/mol. The molecule has 23 heavy (non-hydrogen) atoms. The van der Waals surface area contributed by atoms with E-state index in [0.29, 0.717) is 22.7 Å². The number of likely N-dealkylation sites (tertiary alicyclic amines) is 1. The average Bonchev–Trinajstić information content (AvgIpc) is 3.03. The summed E-state index contributed by atoms with van der Waals surface area (Å²) in [6.07, 6.45) is 3.31. The molecule has 0 aliphatic carbocycles. The van der Waals surface area contributed by atoms with E-state index in [2.05, 4.69) is 17.1 Å². The van der Waals surface area contributed by atoms with Crippen LogP contribution in [0.1, 0.15) is 26.2 Å². The molecule has 0 N–H and O–H groups in total. The van der Waals surface area contributed by atoms with Gasteiger partial charge in [-0.3, -0.25) is 4.79 Å². The summed E-state index contributed by atoms with van der Waals surface area (Å²) >= 11 is 1.24. The van der Waals surface area contributed by atoms with Gasteiger partial charge < -0.3 is 9.32 Å². The number of hydrogen-bond donors (Lipinski definition) is 0. The topological polar surface area (TPSA) is 59.2 Å². The Hall–Kier alpha value is -1.89. The lowest BCUT2D eigenvalue weighted by Gasteiger charge is -2.33. The third kappa shape index (κ3) is 3.90. The summed E-state index contributed by atoms with van der Waals surface area (Å²) in [5, 5.41) is 8.22. The highest BCUT2D eigenvalue weighted by atomic mass is 32.2. The number of nitrogens with zero attached hydrogens (tertiary/aromatic N) is 3. The Morgan fingerprint density at radius 2 is 2.13 bits per heavy atom. The number of aromatic nitrogens is 2. The molecule has 0 radical (unpaired) electrons. The van der Waals surface area contributed by atoms with Crippen molar-refractivity contribution in [2.45, 2.75) is 37.5 Å². The third-order valence-corrected chi connectivity index (χ3v) is 4.74. The van der Waals surface area contributed by atoms with Crippen LogP contribution >= 0.6 is 11.8 Å². The van der Waals surface area contributed by atoms with E-state index in [-0.39, 0.29) is 17.5 Å². The lowest BCUT2D eigenvalue weighted by atomic mass is 10.0. The molecule has 7 heteroatoms. The number of hydrogen-bond acceptors (Lipinski definition) is 5. The first-order valence-corrected chi connectivity index (χ1v) is 8.64. The van der Waals surface area contributed by atoms with Crippen molar-refractivity contribution < 1.29 is 13.6 Å². The summed E-state index contributed by atoms with van der Waals surface area (Å²) in [7, 11) is 0. The maximum Gasteiger partial charge on any atom is 0.277 e.